The molecule has 2 unspecified atom stereocenters. The average Bonchev–Trinajstić information content (AvgIpc) is 2.30. The summed E-state index contributed by atoms with van der Waals surface area (Å²) in [5, 5.41) is 0. The van der Waals surface area contributed by atoms with Gasteiger partial charge in [-0.1, -0.05) is 26.2 Å². The highest BCUT2D eigenvalue weighted by molar-refractivity contribution is 6.18. The first-order valence-corrected chi connectivity index (χ1v) is 7.47. The highest BCUT2D eigenvalue weighted by Crippen LogP contribution is 2.42. The largest absolute Gasteiger partial charge is 0.375 e. The smallest absolute Gasteiger partial charge is 0.0685 e. The molecule has 2 heteroatoms. The first kappa shape index (κ1) is 12.7. The minimum absolute atomic E-state index is 0.271. The Morgan fingerprint density at radius 3 is 2.75 bits per heavy atom. The van der Waals surface area contributed by atoms with Gasteiger partial charge >= 0.3 is 0 Å². The van der Waals surface area contributed by atoms with Crippen LogP contribution in [0.4, 0.5) is 0 Å². The first-order chi connectivity index (χ1) is 7.74. The van der Waals surface area contributed by atoms with E-state index in [4.69, 9.17) is 16.3 Å². The average molecular weight is 245 g/mol. The summed E-state index contributed by atoms with van der Waals surface area (Å²) in [7, 11) is 0. The fraction of sp³-hybridized carbons (Fsp3) is 1.00. The van der Waals surface area contributed by atoms with Crippen LogP contribution in [0.15, 0.2) is 0 Å². The van der Waals surface area contributed by atoms with Crippen molar-refractivity contribution in [1.82, 2.24) is 0 Å². The normalized spacial score (nSPS) is 31.5. The summed E-state index contributed by atoms with van der Waals surface area (Å²) in [6.45, 7) is 3.26. The number of hydrogen-bond acceptors (Lipinski definition) is 1. The summed E-state index contributed by atoms with van der Waals surface area (Å²) in [5.41, 5.74) is 0.271. The molecule has 1 aliphatic heterocycles. The second kappa shape index (κ2) is 5.73. The molecule has 94 valence electrons. The van der Waals surface area contributed by atoms with Crippen LogP contribution in [0.25, 0.3) is 0 Å². The van der Waals surface area contributed by atoms with Gasteiger partial charge in [0.05, 0.1) is 5.60 Å². The molecule has 1 saturated carbocycles. The Morgan fingerprint density at radius 2 is 2.06 bits per heavy atom. The predicted molar refractivity (Wildman–Crippen MR) is 69.0 cm³/mol. The summed E-state index contributed by atoms with van der Waals surface area (Å²) in [5.74, 6) is 2.34. The molecule has 2 atom stereocenters. The van der Waals surface area contributed by atoms with E-state index in [2.05, 4.69) is 6.92 Å². The van der Waals surface area contributed by atoms with Crippen molar-refractivity contribution in [3.05, 3.63) is 0 Å². The molecule has 2 rings (SSSR count). The van der Waals surface area contributed by atoms with E-state index < -0.39 is 0 Å². The molecule has 0 radical (unpaired) electrons. The van der Waals surface area contributed by atoms with Gasteiger partial charge in [-0.25, -0.2) is 0 Å². The number of halogens is 1. The highest BCUT2D eigenvalue weighted by atomic mass is 35.5. The van der Waals surface area contributed by atoms with Crippen LogP contribution in [0.3, 0.4) is 0 Å². The monoisotopic (exact) mass is 244 g/mol. The summed E-state index contributed by atoms with van der Waals surface area (Å²) in [6, 6.07) is 0. The lowest BCUT2D eigenvalue weighted by Gasteiger charge is -2.44. The van der Waals surface area contributed by atoms with Crippen LogP contribution in [0.1, 0.15) is 58.3 Å². The maximum absolute atomic E-state index is 6.12. The van der Waals surface area contributed by atoms with Gasteiger partial charge in [0.1, 0.15) is 0 Å². The van der Waals surface area contributed by atoms with E-state index in [0.717, 1.165) is 18.4 Å². The molecular weight excluding hydrogens is 220 g/mol. The Balaban J connectivity index is 1.87. The van der Waals surface area contributed by atoms with Crippen LogP contribution in [-0.4, -0.2) is 18.1 Å². The molecule has 1 aliphatic carbocycles. The molecule has 0 aromatic carbocycles. The fourth-order valence-electron chi connectivity index (χ4n) is 3.51. The topological polar surface area (TPSA) is 9.23 Å². The van der Waals surface area contributed by atoms with Crippen molar-refractivity contribution < 1.29 is 4.74 Å². The van der Waals surface area contributed by atoms with Gasteiger partial charge in [0.2, 0.25) is 0 Å². The van der Waals surface area contributed by atoms with Gasteiger partial charge in [-0.05, 0) is 43.9 Å². The quantitative estimate of drug-likeness (QED) is 0.670. The molecule has 0 aromatic heterocycles. The minimum atomic E-state index is 0.271. The standard InChI is InChI=1S/C14H25ClO/c1-12(11-15)9-13-5-8-16-14(10-13)6-3-2-4-7-14/h12-13H,2-11H2,1H3. The van der Waals surface area contributed by atoms with Crippen molar-refractivity contribution in [3.8, 4) is 0 Å². The van der Waals surface area contributed by atoms with Crippen LogP contribution in [0, 0.1) is 11.8 Å². The third-order valence-electron chi connectivity index (χ3n) is 4.36. The van der Waals surface area contributed by atoms with Crippen molar-refractivity contribution in [2.24, 2.45) is 11.8 Å². The van der Waals surface area contributed by atoms with E-state index >= 15 is 0 Å². The Hall–Kier alpha value is 0.250. The number of rotatable bonds is 3. The lowest BCUT2D eigenvalue weighted by Crippen LogP contribution is -2.41. The van der Waals surface area contributed by atoms with Gasteiger partial charge in [-0.15, -0.1) is 11.6 Å². The van der Waals surface area contributed by atoms with Gasteiger partial charge in [-0.3, -0.25) is 0 Å². The number of ether oxygens (including phenoxy) is 1. The molecule has 0 N–H and O–H groups in total. The highest BCUT2D eigenvalue weighted by Gasteiger charge is 2.38. The Labute approximate surface area is 105 Å². The maximum atomic E-state index is 6.12. The third kappa shape index (κ3) is 3.13. The van der Waals surface area contributed by atoms with E-state index in [-0.39, 0.29) is 5.60 Å². The van der Waals surface area contributed by atoms with Crippen molar-refractivity contribution in [1.29, 1.82) is 0 Å². The van der Waals surface area contributed by atoms with Gasteiger partial charge in [0.25, 0.3) is 0 Å². The van der Waals surface area contributed by atoms with Crippen molar-refractivity contribution in [2.45, 2.75) is 63.9 Å². The molecule has 0 bridgehead atoms. The predicted octanol–water partition coefficient (Wildman–Crippen LogP) is 4.38. The Bertz CT molecular complexity index is 205. The van der Waals surface area contributed by atoms with Gasteiger partial charge in [0.15, 0.2) is 0 Å². The van der Waals surface area contributed by atoms with E-state index in [1.165, 1.54) is 51.4 Å². The molecule has 0 aromatic rings. The zero-order valence-electron chi connectivity index (χ0n) is 10.5. The Kier molecular flexibility index (Phi) is 4.55. The van der Waals surface area contributed by atoms with Crippen LogP contribution in [0.2, 0.25) is 0 Å². The van der Waals surface area contributed by atoms with Gasteiger partial charge < -0.3 is 4.74 Å². The molecule has 1 heterocycles. The second-order valence-electron chi connectivity index (χ2n) is 5.95. The number of alkyl halides is 1. The van der Waals surface area contributed by atoms with Crippen LogP contribution in [-0.2, 0) is 4.74 Å². The SMILES string of the molecule is CC(CCl)CC1CCOC2(CCCCC2)C1. The maximum Gasteiger partial charge on any atom is 0.0685 e. The molecule has 0 amide bonds. The van der Waals surface area contributed by atoms with Gasteiger partial charge in [-0.2, -0.15) is 0 Å². The van der Waals surface area contributed by atoms with Crippen LogP contribution < -0.4 is 0 Å². The number of hydrogen-bond donors (Lipinski definition) is 0. The summed E-state index contributed by atoms with van der Waals surface area (Å²) >= 11 is 5.92. The minimum Gasteiger partial charge on any atom is -0.375 e. The molecule has 1 nitrogen and oxygen atoms in total. The van der Waals surface area contributed by atoms with Crippen LogP contribution in [0.5, 0.6) is 0 Å². The summed E-state index contributed by atoms with van der Waals surface area (Å²) in [4.78, 5) is 0. The zero-order valence-corrected chi connectivity index (χ0v) is 11.3. The summed E-state index contributed by atoms with van der Waals surface area (Å²) < 4.78 is 6.12. The van der Waals surface area contributed by atoms with E-state index in [9.17, 15) is 0 Å². The molecule has 16 heavy (non-hydrogen) atoms. The first-order valence-electron chi connectivity index (χ1n) is 6.94. The Morgan fingerprint density at radius 1 is 1.31 bits per heavy atom. The molecular formula is C14H25ClO. The van der Waals surface area contributed by atoms with E-state index in [0.29, 0.717) is 5.92 Å². The van der Waals surface area contributed by atoms with Gasteiger partial charge in [0, 0.05) is 12.5 Å². The van der Waals surface area contributed by atoms with Crippen LogP contribution >= 0.6 is 11.6 Å². The lowest BCUT2D eigenvalue weighted by molar-refractivity contribution is -0.119. The zero-order chi connectivity index (χ0) is 11.4. The molecule has 1 saturated heterocycles. The van der Waals surface area contributed by atoms with Crippen molar-refractivity contribution in [2.75, 3.05) is 12.5 Å². The summed E-state index contributed by atoms with van der Waals surface area (Å²) in [6.07, 6.45) is 10.6. The van der Waals surface area contributed by atoms with Crippen molar-refractivity contribution >= 4 is 11.6 Å². The molecule has 2 fully saturated rings. The van der Waals surface area contributed by atoms with E-state index in [1.54, 1.807) is 0 Å². The third-order valence-corrected chi connectivity index (χ3v) is 4.89. The van der Waals surface area contributed by atoms with E-state index in [1.807, 2.05) is 0 Å². The fourth-order valence-corrected chi connectivity index (χ4v) is 3.63. The second-order valence-corrected chi connectivity index (χ2v) is 6.25. The molecule has 1 spiro atoms. The molecule has 2 aliphatic rings. The lowest BCUT2D eigenvalue weighted by atomic mass is 9.74. The van der Waals surface area contributed by atoms with Crippen molar-refractivity contribution in [3.63, 3.8) is 0 Å².